The fourth-order valence-electron chi connectivity index (χ4n) is 4.08. The van der Waals surface area contributed by atoms with Crippen LogP contribution in [0.2, 0.25) is 0 Å². The number of benzene rings is 1. The van der Waals surface area contributed by atoms with Gasteiger partial charge in [0.05, 0.1) is 0 Å². The summed E-state index contributed by atoms with van der Waals surface area (Å²) in [6.45, 7) is 3.38. The number of rotatable bonds is 4. The lowest BCUT2D eigenvalue weighted by Crippen LogP contribution is -2.42. The van der Waals surface area contributed by atoms with Crippen molar-refractivity contribution in [2.45, 2.75) is 64.0 Å². The SMILES string of the molecule is CCC(N)Cc1ccc(N2CCCC3CCCC32)cc1Br. The lowest BCUT2D eigenvalue weighted by atomic mass is 9.91. The number of fused-ring (bicyclic) bond motifs is 1. The molecule has 2 fully saturated rings. The van der Waals surface area contributed by atoms with Gasteiger partial charge in [0.1, 0.15) is 0 Å². The maximum Gasteiger partial charge on any atom is 0.0380 e. The maximum atomic E-state index is 6.09. The Bertz CT molecular complexity index is 488. The molecule has 116 valence electrons. The predicted octanol–water partition coefficient (Wildman–Crippen LogP) is 4.50. The highest BCUT2D eigenvalue weighted by atomic mass is 79.9. The molecule has 0 spiro atoms. The zero-order valence-electron chi connectivity index (χ0n) is 13.0. The van der Waals surface area contributed by atoms with Gasteiger partial charge >= 0.3 is 0 Å². The van der Waals surface area contributed by atoms with Gasteiger partial charge in [0, 0.05) is 28.8 Å². The molecule has 3 rings (SSSR count). The molecule has 2 N–H and O–H groups in total. The average Bonchev–Trinajstić information content (AvgIpc) is 2.97. The van der Waals surface area contributed by atoms with Crippen molar-refractivity contribution >= 4 is 21.6 Å². The second-order valence-electron chi connectivity index (χ2n) is 6.74. The van der Waals surface area contributed by atoms with E-state index >= 15 is 0 Å². The molecule has 0 radical (unpaired) electrons. The molecule has 1 aliphatic heterocycles. The molecule has 2 nitrogen and oxygen atoms in total. The van der Waals surface area contributed by atoms with E-state index in [1.165, 1.54) is 54.4 Å². The van der Waals surface area contributed by atoms with Crippen LogP contribution in [0.25, 0.3) is 0 Å². The highest BCUT2D eigenvalue weighted by molar-refractivity contribution is 9.10. The van der Waals surface area contributed by atoms with E-state index in [-0.39, 0.29) is 6.04 Å². The number of nitrogens with two attached hydrogens (primary N) is 1. The van der Waals surface area contributed by atoms with Crippen LogP contribution in [0.3, 0.4) is 0 Å². The van der Waals surface area contributed by atoms with Crippen LogP contribution in [0.5, 0.6) is 0 Å². The molecule has 1 saturated carbocycles. The van der Waals surface area contributed by atoms with Gasteiger partial charge in [-0.3, -0.25) is 0 Å². The van der Waals surface area contributed by atoms with Crippen LogP contribution in [-0.4, -0.2) is 18.6 Å². The summed E-state index contributed by atoms with van der Waals surface area (Å²) in [5.74, 6) is 0.936. The zero-order chi connectivity index (χ0) is 14.8. The molecular weight excluding hydrogens is 324 g/mol. The summed E-state index contributed by atoms with van der Waals surface area (Å²) in [5.41, 5.74) is 8.83. The Labute approximate surface area is 137 Å². The molecule has 2 aliphatic rings. The van der Waals surface area contributed by atoms with Crippen molar-refractivity contribution < 1.29 is 0 Å². The minimum absolute atomic E-state index is 0.265. The Morgan fingerprint density at radius 1 is 1.29 bits per heavy atom. The molecular formula is C18H27BrN2. The molecule has 21 heavy (non-hydrogen) atoms. The van der Waals surface area contributed by atoms with E-state index in [2.05, 4.69) is 46.0 Å². The largest absolute Gasteiger partial charge is 0.368 e. The molecule has 1 saturated heterocycles. The molecule has 3 heteroatoms. The van der Waals surface area contributed by atoms with Crippen LogP contribution in [0.15, 0.2) is 22.7 Å². The van der Waals surface area contributed by atoms with Crippen LogP contribution in [0.1, 0.15) is 51.0 Å². The van der Waals surface area contributed by atoms with Crippen molar-refractivity contribution in [2.75, 3.05) is 11.4 Å². The summed E-state index contributed by atoms with van der Waals surface area (Å²) >= 11 is 3.76. The number of nitrogens with zero attached hydrogens (tertiary/aromatic N) is 1. The lowest BCUT2D eigenvalue weighted by molar-refractivity contribution is 0.362. The summed E-state index contributed by atoms with van der Waals surface area (Å²) in [7, 11) is 0. The standard InChI is InChI=1S/C18H27BrN2/c1-2-15(20)11-14-8-9-16(12-17(14)19)21-10-4-6-13-5-3-7-18(13)21/h8-9,12-13,15,18H,2-7,10-11,20H2,1H3. The van der Waals surface area contributed by atoms with E-state index in [1.54, 1.807) is 0 Å². The number of piperidine rings is 1. The van der Waals surface area contributed by atoms with Crippen LogP contribution in [0, 0.1) is 5.92 Å². The monoisotopic (exact) mass is 350 g/mol. The van der Waals surface area contributed by atoms with E-state index in [0.717, 1.165) is 24.8 Å². The van der Waals surface area contributed by atoms with Gasteiger partial charge in [-0.05, 0) is 62.1 Å². The van der Waals surface area contributed by atoms with Crippen LogP contribution in [0.4, 0.5) is 5.69 Å². The minimum Gasteiger partial charge on any atom is -0.368 e. The fourth-order valence-corrected chi connectivity index (χ4v) is 4.61. The first kappa shape index (κ1) is 15.4. The summed E-state index contributed by atoms with van der Waals surface area (Å²) < 4.78 is 1.23. The maximum absolute atomic E-state index is 6.09. The molecule has 1 aromatic rings. The Morgan fingerprint density at radius 2 is 2.10 bits per heavy atom. The molecule has 0 aromatic heterocycles. The Morgan fingerprint density at radius 3 is 2.86 bits per heavy atom. The van der Waals surface area contributed by atoms with E-state index in [4.69, 9.17) is 5.73 Å². The quantitative estimate of drug-likeness (QED) is 0.866. The second kappa shape index (κ2) is 6.70. The van der Waals surface area contributed by atoms with Gasteiger partial charge in [0.25, 0.3) is 0 Å². The lowest BCUT2D eigenvalue weighted by Gasteiger charge is -2.39. The van der Waals surface area contributed by atoms with E-state index in [0.29, 0.717) is 0 Å². The third-order valence-corrected chi connectivity index (χ3v) is 6.11. The van der Waals surface area contributed by atoms with E-state index < -0.39 is 0 Å². The van der Waals surface area contributed by atoms with Crippen molar-refractivity contribution in [3.05, 3.63) is 28.2 Å². The van der Waals surface area contributed by atoms with Gasteiger partial charge in [-0.25, -0.2) is 0 Å². The van der Waals surface area contributed by atoms with Gasteiger partial charge in [0.2, 0.25) is 0 Å². The Kier molecular flexibility index (Phi) is 4.90. The van der Waals surface area contributed by atoms with Crippen LogP contribution >= 0.6 is 15.9 Å². The smallest absolute Gasteiger partial charge is 0.0380 e. The molecule has 0 bridgehead atoms. The molecule has 3 atom stereocenters. The van der Waals surface area contributed by atoms with Gasteiger partial charge in [0.15, 0.2) is 0 Å². The topological polar surface area (TPSA) is 29.3 Å². The van der Waals surface area contributed by atoms with Crippen LogP contribution in [-0.2, 0) is 6.42 Å². The summed E-state index contributed by atoms with van der Waals surface area (Å²) in [5, 5.41) is 0. The normalized spacial score (nSPS) is 26.7. The van der Waals surface area contributed by atoms with Crippen LogP contribution < -0.4 is 10.6 Å². The van der Waals surface area contributed by atoms with Crippen molar-refractivity contribution in [1.29, 1.82) is 0 Å². The second-order valence-corrected chi connectivity index (χ2v) is 7.60. The summed E-state index contributed by atoms with van der Waals surface area (Å²) in [6, 6.07) is 7.95. The van der Waals surface area contributed by atoms with Gasteiger partial charge in [-0.2, -0.15) is 0 Å². The first-order valence-electron chi connectivity index (χ1n) is 8.49. The molecule has 0 amide bonds. The average molecular weight is 351 g/mol. The number of hydrogen-bond acceptors (Lipinski definition) is 2. The highest BCUT2D eigenvalue weighted by Crippen LogP contribution is 2.39. The first-order chi connectivity index (χ1) is 10.2. The van der Waals surface area contributed by atoms with Gasteiger partial charge < -0.3 is 10.6 Å². The van der Waals surface area contributed by atoms with E-state index in [9.17, 15) is 0 Å². The molecule has 1 aliphatic carbocycles. The number of hydrogen-bond donors (Lipinski definition) is 1. The Balaban J connectivity index is 1.78. The predicted molar refractivity (Wildman–Crippen MR) is 93.8 cm³/mol. The van der Waals surface area contributed by atoms with Crippen molar-refractivity contribution in [3.63, 3.8) is 0 Å². The Hall–Kier alpha value is -0.540. The summed E-state index contributed by atoms with van der Waals surface area (Å²) in [6.07, 6.45) is 9.01. The summed E-state index contributed by atoms with van der Waals surface area (Å²) in [4.78, 5) is 2.66. The van der Waals surface area contributed by atoms with Crippen molar-refractivity contribution in [1.82, 2.24) is 0 Å². The van der Waals surface area contributed by atoms with Crippen molar-refractivity contribution in [2.24, 2.45) is 11.7 Å². The molecule has 1 heterocycles. The third kappa shape index (κ3) is 3.29. The number of anilines is 1. The van der Waals surface area contributed by atoms with E-state index in [1.807, 2.05) is 0 Å². The van der Waals surface area contributed by atoms with Gasteiger partial charge in [-0.1, -0.05) is 35.3 Å². The van der Waals surface area contributed by atoms with Crippen molar-refractivity contribution in [3.8, 4) is 0 Å². The number of halogens is 1. The highest BCUT2D eigenvalue weighted by Gasteiger charge is 2.35. The first-order valence-corrected chi connectivity index (χ1v) is 9.29. The molecule has 1 aromatic carbocycles. The fraction of sp³-hybridized carbons (Fsp3) is 0.667. The third-order valence-electron chi connectivity index (χ3n) is 5.37. The van der Waals surface area contributed by atoms with Gasteiger partial charge in [-0.15, -0.1) is 0 Å². The molecule has 3 unspecified atom stereocenters. The minimum atomic E-state index is 0.265. The zero-order valence-corrected chi connectivity index (χ0v) is 14.6.